The highest BCUT2D eigenvalue weighted by molar-refractivity contribution is 6.18. The van der Waals surface area contributed by atoms with Gasteiger partial charge in [0.2, 0.25) is 0 Å². The van der Waals surface area contributed by atoms with Crippen LogP contribution < -0.4 is 5.32 Å². The van der Waals surface area contributed by atoms with E-state index in [0.29, 0.717) is 23.6 Å². The first kappa shape index (κ1) is 13.7. The van der Waals surface area contributed by atoms with E-state index in [-0.39, 0.29) is 5.91 Å². The Labute approximate surface area is 117 Å². The molecular weight excluding hydrogens is 262 g/mol. The van der Waals surface area contributed by atoms with Crippen LogP contribution >= 0.6 is 11.6 Å². The molecule has 2 aromatic rings. The summed E-state index contributed by atoms with van der Waals surface area (Å²) in [6, 6.07) is 9.38. The highest BCUT2D eigenvalue weighted by atomic mass is 35.5. The molecule has 19 heavy (non-hydrogen) atoms. The average molecular weight is 278 g/mol. The molecule has 1 aromatic carbocycles. The number of carbonyl (C=O) groups is 1. The summed E-state index contributed by atoms with van der Waals surface area (Å²) < 4.78 is 5.25. The number of amides is 1. The fraction of sp³-hybridized carbons (Fsp3) is 0.267. The Morgan fingerprint density at radius 2 is 2.00 bits per heavy atom. The Morgan fingerprint density at radius 1 is 1.26 bits per heavy atom. The number of hydrogen-bond donors (Lipinski definition) is 1. The number of aryl methyl sites for hydroxylation is 2. The zero-order chi connectivity index (χ0) is 13.7. The van der Waals surface area contributed by atoms with Gasteiger partial charge in [-0.3, -0.25) is 4.79 Å². The van der Waals surface area contributed by atoms with Crippen molar-refractivity contribution in [3.63, 3.8) is 0 Å². The topological polar surface area (TPSA) is 42.2 Å². The van der Waals surface area contributed by atoms with Crippen molar-refractivity contribution in [2.45, 2.75) is 19.8 Å². The van der Waals surface area contributed by atoms with Gasteiger partial charge in [-0.15, -0.1) is 11.6 Å². The van der Waals surface area contributed by atoms with Crippen LogP contribution in [0.25, 0.3) is 0 Å². The smallest absolute Gasteiger partial charge is 0.259 e. The van der Waals surface area contributed by atoms with E-state index in [1.165, 1.54) is 6.26 Å². The van der Waals surface area contributed by atoms with Gasteiger partial charge in [0, 0.05) is 18.0 Å². The normalized spacial score (nSPS) is 10.4. The molecule has 0 radical (unpaired) electrons. The number of benzene rings is 1. The van der Waals surface area contributed by atoms with Crippen LogP contribution in [0.2, 0.25) is 0 Å². The Balaban J connectivity index is 2.06. The number of rotatable bonds is 5. The van der Waals surface area contributed by atoms with Crippen molar-refractivity contribution >= 4 is 23.2 Å². The Bertz CT molecular complexity index is 546. The van der Waals surface area contributed by atoms with Crippen LogP contribution in [0.15, 0.2) is 41.0 Å². The maximum atomic E-state index is 12.1. The standard InChI is InChI=1S/C15H16ClNO2/c1-2-14-13(8-10-19-14)15(18)17-12-5-3-11(4-6-12)7-9-16/h3-6,8,10H,2,7,9H2,1H3,(H,17,18). The minimum Gasteiger partial charge on any atom is -0.469 e. The van der Waals surface area contributed by atoms with Crippen LogP contribution in [0.5, 0.6) is 0 Å². The van der Waals surface area contributed by atoms with Gasteiger partial charge in [-0.05, 0) is 30.2 Å². The van der Waals surface area contributed by atoms with Gasteiger partial charge in [-0.25, -0.2) is 0 Å². The molecule has 1 aromatic heterocycles. The Morgan fingerprint density at radius 3 is 2.63 bits per heavy atom. The maximum Gasteiger partial charge on any atom is 0.259 e. The number of carbonyl (C=O) groups excluding carboxylic acids is 1. The van der Waals surface area contributed by atoms with Crippen LogP contribution in [0.3, 0.4) is 0 Å². The van der Waals surface area contributed by atoms with Crippen molar-refractivity contribution in [3.8, 4) is 0 Å². The lowest BCUT2D eigenvalue weighted by Gasteiger charge is -2.06. The first-order valence-electron chi connectivity index (χ1n) is 6.27. The number of hydrogen-bond acceptors (Lipinski definition) is 2. The molecule has 1 heterocycles. The molecule has 0 atom stereocenters. The third-order valence-electron chi connectivity index (χ3n) is 2.91. The van der Waals surface area contributed by atoms with Crippen molar-refractivity contribution in [3.05, 3.63) is 53.5 Å². The van der Waals surface area contributed by atoms with E-state index in [9.17, 15) is 4.79 Å². The first-order valence-corrected chi connectivity index (χ1v) is 6.80. The van der Waals surface area contributed by atoms with E-state index < -0.39 is 0 Å². The number of furan rings is 1. The molecule has 0 aliphatic rings. The molecule has 1 amide bonds. The quantitative estimate of drug-likeness (QED) is 0.843. The van der Waals surface area contributed by atoms with Crippen molar-refractivity contribution in [2.24, 2.45) is 0 Å². The van der Waals surface area contributed by atoms with E-state index in [4.69, 9.17) is 16.0 Å². The predicted molar refractivity (Wildman–Crippen MR) is 76.9 cm³/mol. The number of anilines is 1. The molecule has 0 aliphatic carbocycles. The van der Waals surface area contributed by atoms with Gasteiger partial charge in [-0.2, -0.15) is 0 Å². The molecule has 1 N–H and O–H groups in total. The highest BCUT2D eigenvalue weighted by Crippen LogP contribution is 2.15. The van der Waals surface area contributed by atoms with Crippen LogP contribution in [-0.4, -0.2) is 11.8 Å². The molecule has 0 saturated carbocycles. The summed E-state index contributed by atoms with van der Waals surface area (Å²) in [7, 11) is 0. The molecular formula is C15H16ClNO2. The number of alkyl halides is 1. The molecule has 0 fully saturated rings. The zero-order valence-electron chi connectivity index (χ0n) is 10.8. The van der Waals surface area contributed by atoms with E-state index >= 15 is 0 Å². The van der Waals surface area contributed by atoms with Gasteiger partial charge in [0.25, 0.3) is 5.91 Å². The molecule has 2 rings (SSSR count). The van der Waals surface area contributed by atoms with Crippen molar-refractivity contribution in [2.75, 3.05) is 11.2 Å². The summed E-state index contributed by atoms with van der Waals surface area (Å²) >= 11 is 5.68. The summed E-state index contributed by atoms with van der Waals surface area (Å²) in [6.45, 7) is 1.95. The third-order valence-corrected chi connectivity index (χ3v) is 3.10. The molecule has 0 bridgehead atoms. The SMILES string of the molecule is CCc1occc1C(=O)Nc1ccc(CCCl)cc1. The van der Waals surface area contributed by atoms with Crippen LogP contribution in [0.4, 0.5) is 5.69 Å². The lowest BCUT2D eigenvalue weighted by Crippen LogP contribution is -2.12. The average Bonchev–Trinajstić information content (AvgIpc) is 2.90. The minimum absolute atomic E-state index is 0.143. The molecule has 4 heteroatoms. The van der Waals surface area contributed by atoms with Crippen molar-refractivity contribution < 1.29 is 9.21 Å². The third kappa shape index (κ3) is 3.38. The minimum atomic E-state index is -0.143. The van der Waals surface area contributed by atoms with Gasteiger partial charge in [-0.1, -0.05) is 19.1 Å². The molecule has 100 valence electrons. The fourth-order valence-corrected chi connectivity index (χ4v) is 2.10. The van der Waals surface area contributed by atoms with Crippen LogP contribution in [0, 0.1) is 0 Å². The van der Waals surface area contributed by atoms with E-state index in [2.05, 4.69) is 5.32 Å². The molecule has 0 saturated heterocycles. The zero-order valence-corrected chi connectivity index (χ0v) is 11.5. The number of nitrogens with one attached hydrogen (secondary N) is 1. The van der Waals surface area contributed by atoms with Gasteiger partial charge in [0.1, 0.15) is 5.76 Å². The fourth-order valence-electron chi connectivity index (χ4n) is 1.88. The lowest BCUT2D eigenvalue weighted by atomic mass is 10.1. The summed E-state index contributed by atoms with van der Waals surface area (Å²) in [5.74, 6) is 1.16. The van der Waals surface area contributed by atoms with Crippen LogP contribution in [0.1, 0.15) is 28.6 Å². The second-order valence-electron chi connectivity index (χ2n) is 4.20. The van der Waals surface area contributed by atoms with Gasteiger partial charge >= 0.3 is 0 Å². The number of halogens is 1. The molecule has 0 unspecified atom stereocenters. The van der Waals surface area contributed by atoms with Gasteiger partial charge in [0.15, 0.2) is 0 Å². The summed E-state index contributed by atoms with van der Waals surface area (Å²) in [6.07, 6.45) is 3.07. The molecule has 0 aliphatic heterocycles. The van der Waals surface area contributed by atoms with Gasteiger partial charge in [0.05, 0.1) is 11.8 Å². The second kappa shape index (κ2) is 6.43. The second-order valence-corrected chi connectivity index (χ2v) is 4.58. The van der Waals surface area contributed by atoms with Crippen LogP contribution in [-0.2, 0) is 12.8 Å². The van der Waals surface area contributed by atoms with Gasteiger partial charge < -0.3 is 9.73 Å². The molecule has 0 spiro atoms. The summed E-state index contributed by atoms with van der Waals surface area (Å²) in [5, 5.41) is 2.86. The molecule has 3 nitrogen and oxygen atoms in total. The van der Waals surface area contributed by atoms with E-state index in [1.807, 2.05) is 31.2 Å². The lowest BCUT2D eigenvalue weighted by molar-refractivity contribution is 0.102. The first-order chi connectivity index (χ1) is 9.24. The van der Waals surface area contributed by atoms with E-state index in [0.717, 1.165) is 17.7 Å². The monoisotopic (exact) mass is 277 g/mol. The summed E-state index contributed by atoms with van der Waals surface area (Å²) in [5.41, 5.74) is 2.52. The Kier molecular flexibility index (Phi) is 4.63. The van der Waals surface area contributed by atoms with Crippen molar-refractivity contribution in [1.82, 2.24) is 0 Å². The maximum absolute atomic E-state index is 12.1. The highest BCUT2D eigenvalue weighted by Gasteiger charge is 2.13. The largest absolute Gasteiger partial charge is 0.469 e. The summed E-state index contributed by atoms with van der Waals surface area (Å²) in [4.78, 5) is 12.1. The predicted octanol–water partition coefficient (Wildman–Crippen LogP) is 3.88. The van der Waals surface area contributed by atoms with Crippen molar-refractivity contribution in [1.29, 1.82) is 0 Å². The van der Waals surface area contributed by atoms with E-state index in [1.54, 1.807) is 6.07 Å². The Hall–Kier alpha value is -1.74.